The molecular weight excluding hydrogens is 290 g/mol. The molecule has 0 bridgehead atoms. The fraction of sp³-hybridized carbons (Fsp3) is 0.133. The molecule has 0 unspecified atom stereocenters. The summed E-state index contributed by atoms with van der Waals surface area (Å²) in [7, 11) is 0. The molecule has 90 valence electrons. The van der Waals surface area contributed by atoms with Crippen molar-refractivity contribution < 1.29 is 4.74 Å². The van der Waals surface area contributed by atoms with Gasteiger partial charge in [-0.3, -0.25) is 0 Å². The predicted octanol–water partition coefficient (Wildman–Crippen LogP) is 4.73. The van der Waals surface area contributed by atoms with E-state index in [4.69, 9.17) is 10.00 Å². The highest BCUT2D eigenvalue weighted by molar-refractivity contribution is 9.10. The van der Waals surface area contributed by atoms with Crippen LogP contribution >= 0.6 is 15.9 Å². The van der Waals surface area contributed by atoms with Gasteiger partial charge >= 0.3 is 0 Å². The van der Waals surface area contributed by atoms with Crippen molar-refractivity contribution in [1.29, 1.82) is 5.26 Å². The zero-order valence-corrected chi connectivity index (χ0v) is 11.8. The Morgan fingerprint density at radius 3 is 2.28 bits per heavy atom. The molecule has 0 amide bonds. The molecule has 0 N–H and O–H groups in total. The van der Waals surface area contributed by atoms with E-state index in [-0.39, 0.29) is 0 Å². The Morgan fingerprint density at radius 2 is 1.67 bits per heavy atom. The van der Waals surface area contributed by atoms with E-state index in [9.17, 15) is 0 Å². The van der Waals surface area contributed by atoms with Crippen molar-refractivity contribution >= 4 is 15.9 Å². The number of halogens is 1. The highest BCUT2D eigenvalue weighted by Crippen LogP contribution is 2.27. The zero-order chi connectivity index (χ0) is 13.1. The van der Waals surface area contributed by atoms with Crippen molar-refractivity contribution in [2.75, 3.05) is 0 Å². The monoisotopic (exact) mass is 301 g/mol. The van der Waals surface area contributed by atoms with Crippen LogP contribution < -0.4 is 4.74 Å². The van der Waals surface area contributed by atoms with Gasteiger partial charge < -0.3 is 4.74 Å². The first-order valence-electron chi connectivity index (χ1n) is 5.55. The van der Waals surface area contributed by atoms with Crippen LogP contribution in [0.4, 0.5) is 0 Å². The fourth-order valence-electron chi connectivity index (χ4n) is 1.56. The Bertz CT molecular complexity index is 629. The summed E-state index contributed by atoms with van der Waals surface area (Å²) in [6.45, 7) is 4.12. The van der Waals surface area contributed by atoms with Gasteiger partial charge in [-0.25, -0.2) is 0 Å². The number of aryl methyl sites for hydroxylation is 2. The van der Waals surface area contributed by atoms with Gasteiger partial charge in [0.25, 0.3) is 0 Å². The van der Waals surface area contributed by atoms with Crippen LogP contribution in [0.2, 0.25) is 0 Å². The predicted molar refractivity (Wildman–Crippen MR) is 74.8 cm³/mol. The summed E-state index contributed by atoms with van der Waals surface area (Å²) in [5.41, 5.74) is 3.03. The number of nitrogens with zero attached hydrogens (tertiary/aromatic N) is 1. The summed E-state index contributed by atoms with van der Waals surface area (Å²) < 4.78 is 6.50. The smallest absolute Gasteiger partial charge is 0.128 e. The van der Waals surface area contributed by atoms with E-state index in [1.54, 1.807) is 18.2 Å². The van der Waals surface area contributed by atoms with E-state index >= 15 is 0 Å². The molecule has 0 aliphatic carbocycles. The van der Waals surface area contributed by atoms with Crippen molar-refractivity contribution in [3.05, 3.63) is 57.6 Å². The lowest BCUT2D eigenvalue weighted by molar-refractivity contribution is 0.481. The first-order chi connectivity index (χ1) is 8.60. The number of hydrogen-bond acceptors (Lipinski definition) is 2. The van der Waals surface area contributed by atoms with Crippen LogP contribution in [0, 0.1) is 25.2 Å². The number of ether oxygens (including phenoxy) is 1. The average Bonchev–Trinajstić information content (AvgIpc) is 2.34. The molecule has 0 fully saturated rings. The molecule has 2 nitrogen and oxygen atoms in total. The Balaban J connectivity index is 2.26. The van der Waals surface area contributed by atoms with Crippen molar-refractivity contribution in [2.24, 2.45) is 0 Å². The van der Waals surface area contributed by atoms with Gasteiger partial charge in [0, 0.05) is 4.47 Å². The normalized spacial score (nSPS) is 9.89. The minimum atomic E-state index is 0.599. The molecule has 2 rings (SSSR count). The molecule has 0 aromatic heterocycles. The third kappa shape index (κ3) is 2.72. The van der Waals surface area contributed by atoms with Crippen LogP contribution in [0.5, 0.6) is 11.5 Å². The van der Waals surface area contributed by atoms with Gasteiger partial charge in [0.15, 0.2) is 0 Å². The Kier molecular flexibility index (Phi) is 3.69. The third-order valence-corrected chi connectivity index (χ3v) is 3.43. The van der Waals surface area contributed by atoms with Crippen molar-refractivity contribution in [3.8, 4) is 17.6 Å². The highest BCUT2D eigenvalue weighted by atomic mass is 79.9. The summed E-state index contributed by atoms with van der Waals surface area (Å²) in [6, 6.07) is 13.4. The largest absolute Gasteiger partial charge is 0.457 e. The van der Waals surface area contributed by atoms with Crippen LogP contribution in [-0.4, -0.2) is 0 Å². The van der Waals surface area contributed by atoms with Gasteiger partial charge in [0.05, 0.1) is 5.56 Å². The lowest BCUT2D eigenvalue weighted by Crippen LogP contribution is -1.88. The van der Waals surface area contributed by atoms with Gasteiger partial charge in [-0.2, -0.15) is 5.26 Å². The van der Waals surface area contributed by atoms with Gasteiger partial charge in [-0.15, -0.1) is 0 Å². The van der Waals surface area contributed by atoms with Crippen LogP contribution in [0.1, 0.15) is 16.7 Å². The van der Waals surface area contributed by atoms with Gasteiger partial charge in [-0.1, -0.05) is 6.07 Å². The lowest BCUT2D eigenvalue weighted by atomic mass is 10.1. The molecule has 0 radical (unpaired) electrons. The Morgan fingerprint density at radius 1 is 1.00 bits per heavy atom. The van der Waals surface area contributed by atoms with E-state index in [1.165, 1.54) is 11.1 Å². The van der Waals surface area contributed by atoms with E-state index in [0.29, 0.717) is 11.3 Å². The molecule has 0 atom stereocenters. The number of benzene rings is 2. The number of rotatable bonds is 2. The maximum absolute atomic E-state index is 8.85. The van der Waals surface area contributed by atoms with E-state index in [1.807, 2.05) is 18.2 Å². The molecule has 18 heavy (non-hydrogen) atoms. The molecule has 0 spiro atoms. The molecular formula is C15H12BrNO. The standard InChI is InChI=1S/C15H12BrNO/c1-10-3-5-13(7-11(10)2)18-14-6-4-12(9-17)15(16)8-14/h3-8H,1-2H3. The quantitative estimate of drug-likeness (QED) is 0.803. The Hall–Kier alpha value is -1.79. The summed E-state index contributed by atoms with van der Waals surface area (Å²) in [5.74, 6) is 1.51. The minimum absolute atomic E-state index is 0.599. The maximum atomic E-state index is 8.85. The lowest BCUT2D eigenvalue weighted by Gasteiger charge is -2.08. The second-order valence-electron chi connectivity index (χ2n) is 4.10. The summed E-state index contributed by atoms with van der Waals surface area (Å²) in [4.78, 5) is 0. The van der Waals surface area contributed by atoms with Crippen molar-refractivity contribution in [1.82, 2.24) is 0 Å². The molecule has 2 aromatic rings. The molecule has 0 aliphatic heterocycles. The molecule has 0 saturated carbocycles. The topological polar surface area (TPSA) is 33.0 Å². The summed E-state index contributed by atoms with van der Waals surface area (Å²) in [6.07, 6.45) is 0. The fourth-order valence-corrected chi connectivity index (χ4v) is 2.01. The number of nitriles is 1. The second-order valence-corrected chi connectivity index (χ2v) is 4.96. The van der Waals surface area contributed by atoms with Crippen molar-refractivity contribution in [2.45, 2.75) is 13.8 Å². The molecule has 3 heteroatoms. The van der Waals surface area contributed by atoms with E-state index in [2.05, 4.69) is 35.8 Å². The minimum Gasteiger partial charge on any atom is -0.457 e. The summed E-state index contributed by atoms with van der Waals surface area (Å²) in [5, 5.41) is 8.85. The van der Waals surface area contributed by atoms with E-state index in [0.717, 1.165) is 10.2 Å². The Labute approximate surface area is 115 Å². The third-order valence-electron chi connectivity index (χ3n) is 2.78. The summed E-state index contributed by atoms with van der Waals surface area (Å²) >= 11 is 3.34. The van der Waals surface area contributed by atoms with E-state index < -0.39 is 0 Å². The van der Waals surface area contributed by atoms with Crippen molar-refractivity contribution in [3.63, 3.8) is 0 Å². The van der Waals surface area contributed by atoms with Crippen LogP contribution in [0.25, 0.3) is 0 Å². The second kappa shape index (κ2) is 5.24. The van der Waals surface area contributed by atoms with Crippen LogP contribution in [-0.2, 0) is 0 Å². The zero-order valence-electron chi connectivity index (χ0n) is 10.2. The number of hydrogen-bond donors (Lipinski definition) is 0. The SMILES string of the molecule is Cc1ccc(Oc2ccc(C#N)c(Br)c2)cc1C. The molecule has 0 saturated heterocycles. The molecule has 2 aromatic carbocycles. The van der Waals surface area contributed by atoms with Gasteiger partial charge in [0.1, 0.15) is 17.6 Å². The van der Waals surface area contributed by atoms with Gasteiger partial charge in [0.2, 0.25) is 0 Å². The maximum Gasteiger partial charge on any atom is 0.128 e. The highest BCUT2D eigenvalue weighted by Gasteiger charge is 2.03. The molecule has 0 heterocycles. The molecule has 0 aliphatic rings. The van der Waals surface area contributed by atoms with Crippen LogP contribution in [0.3, 0.4) is 0 Å². The average molecular weight is 302 g/mol. The van der Waals surface area contributed by atoms with Gasteiger partial charge in [-0.05, 0) is 71.2 Å². The van der Waals surface area contributed by atoms with Crippen LogP contribution in [0.15, 0.2) is 40.9 Å². The first kappa shape index (κ1) is 12.7. The first-order valence-corrected chi connectivity index (χ1v) is 6.34.